The van der Waals surface area contributed by atoms with Gasteiger partial charge >= 0.3 is 0 Å². The number of benzene rings is 2. The van der Waals surface area contributed by atoms with Crippen molar-refractivity contribution in [2.75, 3.05) is 12.8 Å². The van der Waals surface area contributed by atoms with E-state index in [0.717, 1.165) is 36.9 Å². The first-order valence-corrected chi connectivity index (χ1v) is 10.0. The molecule has 0 spiro atoms. The Labute approximate surface area is 143 Å². The van der Waals surface area contributed by atoms with E-state index in [1.165, 1.54) is 18.4 Å². The molecule has 2 aromatic rings. The lowest BCUT2D eigenvalue weighted by Gasteiger charge is -2.14. The number of hydrogen-bond acceptors (Lipinski definition) is 3. The predicted octanol–water partition coefficient (Wildman–Crippen LogP) is 3.38. The molecule has 1 atom stereocenters. The van der Waals surface area contributed by atoms with Gasteiger partial charge in [-0.15, -0.1) is 0 Å². The molecule has 2 rings (SSSR count). The van der Waals surface area contributed by atoms with Crippen molar-refractivity contribution in [3.05, 3.63) is 65.5 Å². The van der Waals surface area contributed by atoms with Gasteiger partial charge in [0.15, 0.2) is 9.84 Å². The van der Waals surface area contributed by atoms with Gasteiger partial charge in [-0.25, -0.2) is 12.8 Å². The van der Waals surface area contributed by atoms with Crippen LogP contribution in [0.5, 0.6) is 0 Å². The lowest BCUT2D eigenvalue weighted by atomic mass is 10.1. The number of aryl methyl sites for hydroxylation is 1. The summed E-state index contributed by atoms with van der Waals surface area (Å²) in [6, 6.07) is 14.0. The highest BCUT2D eigenvalue weighted by molar-refractivity contribution is 7.90. The second-order valence-electron chi connectivity index (χ2n) is 6.21. The summed E-state index contributed by atoms with van der Waals surface area (Å²) in [5.41, 5.74) is 2.25. The van der Waals surface area contributed by atoms with Crippen LogP contribution >= 0.6 is 0 Å². The average molecular weight is 349 g/mol. The Bertz CT molecular complexity index is 740. The minimum absolute atomic E-state index is 0.207. The first-order valence-electron chi connectivity index (χ1n) is 8.11. The molecule has 0 saturated heterocycles. The number of sulfone groups is 1. The van der Waals surface area contributed by atoms with Gasteiger partial charge in [0.1, 0.15) is 5.82 Å². The molecule has 1 N–H and O–H groups in total. The molecule has 0 bridgehead atoms. The van der Waals surface area contributed by atoms with Gasteiger partial charge in [-0.05, 0) is 68.1 Å². The Morgan fingerprint density at radius 2 is 1.58 bits per heavy atom. The van der Waals surface area contributed by atoms with Crippen LogP contribution in [0.2, 0.25) is 0 Å². The Hall–Kier alpha value is -1.72. The summed E-state index contributed by atoms with van der Waals surface area (Å²) in [6.07, 6.45) is 3.96. The molecule has 130 valence electrons. The third-order valence-corrected chi connectivity index (χ3v) is 5.07. The maximum Gasteiger partial charge on any atom is 0.175 e. The SMILES string of the molecule is CC(Cc1ccc(F)cc1)NCCCc1ccc(S(C)(=O)=O)cc1. The van der Waals surface area contributed by atoms with Crippen molar-refractivity contribution >= 4 is 9.84 Å². The smallest absolute Gasteiger partial charge is 0.175 e. The standard InChI is InChI=1S/C19H24FNO2S/c1-15(14-17-5-9-18(20)10-6-17)21-13-3-4-16-7-11-19(12-8-16)24(2,22)23/h5-12,15,21H,3-4,13-14H2,1-2H3. The van der Waals surface area contributed by atoms with Crippen molar-refractivity contribution in [1.29, 1.82) is 0 Å². The summed E-state index contributed by atoms with van der Waals surface area (Å²) >= 11 is 0. The van der Waals surface area contributed by atoms with E-state index < -0.39 is 9.84 Å². The lowest BCUT2D eigenvalue weighted by Crippen LogP contribution is -2.29. The molecular weight excluding hydrogens is 325 g/mol. The van der Waals surface area contributed by atoms with Crippen molar-refractivity contribution in [2.45, 2.75) is 37.1 Å². The first-order chi connectivity index (χ1) is 11.3. The molecular formula is C19H24FNO2S. The van der Waals surface area contributed by atoms with Crippen molar-refractivity contribution in [3.63, 3.8) is 0 Å². The van der Waals surface area contributed by atoms with Gasteiger partial charge < -0.3 is 5.32 Å². The predicted molar refractivity (Wildman–Crippen MR) is 95.4 cm³/mol. The Morgan fingerprint density at radius 3 is 2.17 bits per heavy atom. The Morgan fingerprint density at radius 1 is 1.00 bits per heavy atom. The van der Waals surface area contributed by atoms with Gasteiger partial charge in [-0.3, -0.25) is 0 Å². The van der Waals surface area contributed by atoms with Crippen molar-refractivity contribution < 1.29 is 12.8 Å². The molecule has 5 heteroatoms. The van der Waals surface area contributed by atoms with Gasteiger partial charge in [0, 0.05) is 12.3 Å². The van der Waals surface area contributed by atoms with Crippen LogP contribution in [0.3, 0.4) is 0 Å². The van der Waals surface area contributed by atoms with Crippen LogP contribution in [0.25, 0.3) is 0 Å². The van der Waals surface area contributed by atoms with E-state index in [-0.39, 0.29) is 5.82 Å². The topological polar surface area (TPSA) is 46.2 Å². The van der Waals surface area contributed by atoms with Gasteiger partial charge in [-0.2, -0.15) is 0 Å². The van der Waals surface area contributed by atoms with Gasteiger partial charge in [-0.1, -0.05) is 24.3 Å². The molecule has 0 amide bonds. The average Bonchev–Trinajstić information content (AvgIpc) is 2.53. The molecule has 0 aliphatic rings. The minimum atomic E-state index is -3.12. The van der Waals surface area contributed by atoms with Crippen molar-refractivity contribution in [3.8, 4) is 0 Å². The van der Waals surface area contributed by atoms with Crippen molar-refractivity contribution in [1.82, 2.24) is 5.32 Å². The maximum absolute atomic E-state index is 12.9. The monoisotopic (exact) mass is 349 g/mol. The third kappa shape index (κ3) is 6.06. The summed E-state index contributed by atoms with van der Waals surface area (Å²) in [5, 5.41) is 3.46. The van der Waals surface area contributed by atoms with Gasteiger partial charge in [0.2, 0.25) is 0 Å². The fourth-order valence-electron chi connectivity index (χ4n) is 2.59. The Kier molecular flexibility index (Phi) is 6.52. The molecule has 0 aromatic heterocycles. The molecule has 0 saturated carbocycles. The van der Waals surface area contributed by atoms with E-state index in [1.54, 1.807) is 12.1 Å². The number of halogens is 1. The summed E-state index contributed by atoms with van der Waals surface area (Å²) in [4.78, 5) is 0.359. The van der Waals surface area contributed by atoms with Crippen LogP contribution in [0.4, 0.5) is 4.39 Å². The summed E-state index contributed by atoms with van der Waals surface area (Å²) < 4.78 is 35.7. The third-order valence-electron chi connectivity index (χ3n) is 3.94. The zero-order valence-electron chi connectivity index (χ0n) is 14.1. The molecule has 0 aliphatic carbocycles. The second-order valence-corrected chi connectivity index (χ2v) is 8.22. The normalized spacial score (nSPS) is 13.0. The van der Waals surface area contributed by atoms with Crippen LogP contribution in [-0.4, -0.2) is 27.3 Å². The van der Waals surface area contributed by atoms with Crippen LogP contribution < -0.4 is 5.32 Å². The fourth-order valence-corrected chi connectivity index (χ4v) is 3.22. The van der Waals surface area contributed by atoms with Gasteiger partial charge in [0.25, 0.3) is 0 Å². The summed E-state index contributed by atoms with van der Waals surface area (Å²) in [7, 11) is -3.12. The van der Waals surface area contributed by atoms with E-state index in [1.807, 2.05) is 24.3 Å². The van der Waals surface area contributed by atoms with Crippen LogP contribution in [0, 0.1) is 5.82 Å². The highest BCUT2D eigenvalue weighted by Crippen LogP contribution is 2.11. The fraction of sp³-hybridized carbons (Fsp3) is 0.368. The number of nitrogens with one attached hydrogen (secondary N) is 1. The second kappa shape index (κ2) is 8.40. The van der Waals surface area contributed by atoms with Crippen LogP contribution in [0.1, 0.15) is 24.5 Å². The van der Waals surface area contributed by atoms with Crippen LogP contribution in [-0.2, 0) is 22.7 Å². The highest BCUT2D eigenvalue weighted by Gasteiger charge is 2.06. The largest absolute Gasteiger partial charge is 0.314 e. The summed E-state index contributed by atoms with van der Waals surface area (Å²) in [5.74, 6) is -0.207. The van der Waals surface area contributed by atoms with E-state index >= 15 is 0 Å². The molecule has 0 heterocycles. The van der Waals surface area contributed by atoms with E-state index in [2.05, 4.69) is 12.2 Å². The van der Waals surface area contributed by atoms with E-state index in [4.69, 9.17) is 0 Å². The first kappa shape index (κ1) is 18.6. The Balaban J connectivity index is 1.71. The number of hydrogen-bond donors (Lipinski definition) is 1. The maximum atomic E-state index is 12.9. The molecule has 0 fully saturated rings. The van der Waals surface area contributed by atoms with Crippen molar-refractivity contribution in [2.24, 2.45) is 0 Å². The van der Waals surface area contributed by atoms with Crippen LogP contribution in [0.15, 0.2) is 53.4 Å². The van der Waals surface area contributed by atoms with E-state index in [9.17, 15) is 12.8 Å². The van der Waals surface area contributed by atoms with E-state index in [0.29, 0.717) is 10.9 Å². The number of rotatable bonds is 8. The molecule has 0 aliphatic heterocycles. The highest BCUT2D eigenvalue weighted by atomic mass is 32.2. The lowest BCUT2D eigenvalue weighted by molar-refractivity contribution is 0.533. The molecule has 3 nitrogen and oxygen atoms in total. The zero-order chi connectivity index (χ0) is 17.6. The molecule has 24 heavy (non-hydrogen) atoms. The quantitative estimate of drug-likeness (QED) is 0.743. The summed E-state index contributed by atoms with van der Waals surface area (Å²) in [6.45, 7) is 3.00. The zero-order valence-corrected chi connectivity index (χ0v) is 14.9. The minimum Gasteiger partial charge on any atom is -0.314 e. The molecule has 2 aromatic carbocycles. The molecule has 1 unspecified atom stereocenters. The molecule has 0 radical (unpaired) electrons. The van der Waals surface area contributed by atoms with Gasteiger partial charge in [0.05, 0.1) is 4.90 Å².